The molecule has 0 saturated heterocycles. The Kier molecular flexibility index (Phi) is 4.99. The zero-order valence-electron chi connectivity index (χ0n) is 9.13. The SMILES string of the molecule is NC(=O)c1ccccc1CSCC(N)C(=O)O. The summed E-state index contributed by atoms with van der Waals surface area (Å²) in [5.41, 5.74) is 11.8. The summed E-state index contributed by atoms with van der Waals surface area (Å²) in [6.07, 6.45) is 0. The van der Waals surface area contributed by atoms with Crippen molar-refractivity contribution in [1.82, 2.24) is 0 Å². The van der Waals surface area contributed by atoms with E-state index in [2.05, 4.69) is 0 Å². The lowest BCUT2D eigenvalue weighted by molar-refractivity contribution is -0.137. The van der Waals surface area contributed by atoms with Crippen molar-refractivity contribution in [1.29, 1.82) is 0 Å². The lowest BCUT2D eigenvalue weighted by Crippen LogP contribution is -2.32. The summed E-state index contributed by atoms with van der Waals surface area (Å²) in [4.78, 5) is 21.6. The summed E-state index contributed by atoms with van der Waals surface area (Å²) < 4.78 is 0. The third-order valence-electron chi connectivity index (χ3n) is 2.15. The van der Waals surface area contributed by atoms with Gasteiger partial charge < -0.3 is 16.6 Å². The number of hydrogen-bond acceptors (Lipinski definition) is 4. The van der Waals surface area contributed by atoms with Crippen molar-refractivity contribution in [3.05, 3.63) is 35.4 Å². The van der Waals surface area contributed by atoms with Crippen LogP contribution in [0, 0.1) is 0 Å². The Hall–Kier alpha value is -1.53. The van der Waals surface area contributed by atoms with Crippen LogP contribution in [0.5, 0.6) is 0 Å². The minimum atomic E-state index is -1.03. The van der Waals surface area contributed by atoms with Crippen LogP contribution in [0.1, 0.15) is 15.9 Å². The summed E-state index contributed by atoms with van der Waals surface area (Å²) in [6, 6.07) is 6.09. The molecule has 1 atom stereocenters. The maximum absolute atomic E-state index is 11.1. The third kappa shape index (κ3) is 4.08. The Bertz CT molecular complexity index is 423. The molecule has 0 aliphatic heterocycles. The fourth-order valence-electron chi connectivity index (χ4n) is 1.25. The molecule has 0 spiro atoms. The number of benzene rings is 1. The molecule has 1 unspecified atom stereocenters. The molecular weight excluding hydrogens is 240 g/mol. The molecular formula is C11H14N2O3S. The largest absolute Gasteiger partial charge is 0.480 e. The van der Waals surface area contributed by atoms with Gasteiger partial charge >= 0.3 is 5.97 Å². The van der Waals surface area contributed by atoms with Crippen LogP contribution >= 0.6 is 11.8 Å². The summed E-state index contributed by atoms with van der Waals surface area (Å²) in [7, 11) is 0. The number of carboxylic acid groups (broad SMARTS) is 1. The van der Waals surface area contributed by atoms with Crippen molar-refractivity contribution in [3.63, 3.8) is 0 Å². The lowest BCUT2D eigenvalue weighted by Gasteiger charge is -2.08. The van der Waals surface area contributed by atoms with Crippen molar-refractivity contribution < 1.29 is 14.7 Å². The Morgan fingerprint density at radius 1 is 1.35 bits per heavy atom. The molecule has 92 valence electrons. The lowest BCUT2D eigenvalue weighted by atomic mass is 10.1. The predicted octanol–water partition coefficient (Wildman–Crippen LogP) is 0.431. The third-order valence-corrected chi connectivity index (χ3v) is 3.26. The van der Waals surface area contributed by atoms with Crippen LogP contribution in [0.25, 0.3) is 0 Å². The molecule has 1 aromatic carbocycles. The topological polar surface area (TPSA) is 106 Å². The van der Waals surface area contributed by atoms with Gasteiger partial charge in [0.2, 0.25) is 5.91 Å². The van der Waals surface area contributed by atoms with Gasteiger partial charge in [0.25, 0.3) is 0 Å². The standard InChI is InChI=1S/C11H14N2O3S/c12-9(11(15)16)6-17-5-7-3-1-2-4-8(7)10(13)14/h1-4,9H,5-6,12H2,(H2,13,14)(H,15,16). The van der Waals surface area contributed by atoms with Crippen LogP contribution in [0.3, 0.4) is 0 Å². The van der Waals surface area contributed by atoms with E-state index in [1.165, 1.54) is 11.8 Å². The summed E-state index contributed by atoms with van der Waals surface area (Å²) in [6.45, 7) is 0. The maximum Gasteiger partial charge on any atom is 0.321 e. The van der Waals surface area contributed by atoms with Crippen molar-refractivity contribution in [2.24, 2.45) is 11.5 Å². The minimum absolute atomic E-state index is 0.294. The van der Waals surface area contributed by atoms with Crippen LogP contribution in [0.4, 0.5) is 0 Å². The van der Waals surface area contributed by atoms with Crippen LogP contribution < -0.4 is 11.5 Å². The molecule has 17 heavy (non-hydrogen) atoms. The average Bonchev–Trinajstić information content (AvgIpc) is 2.29. The van der Waals surface area contributed by atoms with E-state index in [9.17, 15) is 9.59 Å². The maximum atomic E-state index is 11.1. The van der Waals surface area contributed by atoms with E-state index in [1.54, 1.807) is 24.3 Å². The van der Waals surface area contributed by atoms with E-state index in [0.717, 1.165) is 5.56 Å². The number of nitrogens with two attached hydrogens (primary N) is 2. The van der Waals surface area contributed by atoms with Gasteiger partial charge in [0.15, 0.2) is 0 Å². The van der Waals surface area contributed by atoms with Gasteiger partial charge in [-0.15, -0.1) is 0 Å². The predicted molar refractivity (Wildman–Crippen MR) is 66.7 cm³/mol. The fraction of sp³-hybridized carbons (Fsp3) is 0.273. The zero-order valence-corrected chi connectivity index (χ0v) is 9.94. The smallest absolute Gasteiger partial charge is 0.321 e. The minimum Gasteiger partial charge on any atom is -0.480 e. The van der Waals surface area contributed by atoms with E-state index >= 15 is 0 Å². The number of primary amides is 1. The summed E-state index contributed by atoms with van der Waals surface area (Å²) in [5.74, 6) is -0.702. The summed E-state index contributed by atoms with van der Waals surface area (Å²) in [5, 5.41) is 8.61. The van der Waals surface area contributed by atoms with Gasteiger partial charge in [-0.05, 0) is 11.6 Å². The molecule has 0 fully saturated rings. The molecule has 0 aromatic heterocycles. The van der Waals surface area contributed by atoms with Crippen molar-refractivity contribution in [3.8, 4) is 0 Å². The normalized spacial score (nSPS) is 12.1. The second-order valence-corrected chi connectivity index (χ2v) is 4.51. The van der Waals surface area contributed by atoms with Crippen LogP contribution in [0.15, 0.2) is 24.3 Å². The van der Waals surface area contributed by atoms with E-state index in [-0.39, 0.29) is 0 Å². The first-order chi connectivity index (χ1) is 8.02. The molecule has 0 heterocycles. The van der Waals surface area contributed by atoms with Crippen molar-refractivity contribution in [2.75, 3.05) is 5.75 Å². The highest BCUT2D eigenvalue weighted by Gasteiger charge is 2.12. The number of rotatable bonds is 6. The van der Waals surface area contributed by atoms with Gasteiger partial charge in [-0.25, -0.2) is 0 Å². The van der Waals surface area contributed by atoms with Crippen molar-refractivity contribution >= 4 is 23.6 Å². The number of hydrogen-bond donors (Lipinski definition) is 3. The van der Waals surface area contributed by atoms with Crippen LogP contribution in [0.2, 0.25) is 0 Å². The fourth-order valence-corrected chi connectivity index (χ4v) is 2.24. The molecule has 1 amide bonds. The van der Waals surface area contributed by atoms with Gasteiger partial charge in [-0.2, -0.15) is 11.8 Å². The Morgan fingerprint density at radius 2 is 2.00 bits per heavy atom. The molecule has 5 nitrogen and oxygen atoms in total. The van der Waals surface area contributed by atoms with Gasteiger partial charge in [0.1, 0.15) is 6.04 Å². The second-order valence-electron chi connectivity index (χ2n) is 3.48. The Balaban J connectivity index is 2.58. The molecule has 0 aliphatic rings. The Labute approximate surface area is 103 Å². The first-order valence-electron chi connectivity index (χ1n) is 4.96. The van der Waals surface area contributed by atoms with Gasteiger partial charge in [-0.3, -0.25) is 9.59 Å². The molecule has 6 heteroatoms. The number of carbonyl (C=O) groups excluding carboxylic acids is 1. The summed E-state index contributed by atoms with van der Waals surface area (Å²) >= 11 is 1.36. The van der Waals surface area contributed by atoms with Crippen molar-refractivity contribution in [2.45, 2.75) is 11.8 Å². The number of amides is 1. The number of carboxylic acids is 1. The first-order valence-corrected chi connectivity index (χ1v) is 6.11. The van der Waals surface area contributed by atoms with E-state index in [4.69, 9.17) is 16.6 Å². The van der Waals surface area contributed by atoms with Crippen LogP contribution in [-0.4, -0.2) is 28.8 Å². The van der Waals surface area contributed by atoms with Gasteiger partial charge in [0.05, 0.1) is 0 Å². The van der Waals surface area contributed by atoms with E-state index in [0.29, 0.717) is 17.1 Å². The monoisotopic (exact) mass is 254 g/mol. The van der Waals surface area contributed by atoms with Gasteiger partial charge in [-0.1, -0.05) is 18.2 Å². The van der Waals surface area contributed by atoms with E-state index < -0.39 is 17.9 Å². The highest BCUT2D eigenvalue weighted by Crippen LogP contribution is 2.16. The molecule has 0 saturated carbocycles. The second kappa shape index (κ2) is 6.27. The molecule has 1 rings (SSSR count). The first kappa shape index (κ1) is 13.5. The Morgan fingerprint density at radius 3 is 2.59 bits per heavy atom. The molecule has 1 aromatic rings. The average molecular weight is 254 g/mol. The molecule has 5 N–H and O–H groups in total. The number of carbonyl (C=O) groups is 2. The highest BCUT2D eigenvalue weighted by atomic mass is 32.2. The number of thioether (sulfide) groups is 1. The quantitative estimate of drug-likeness (QED) is 0.682. The zero-order chi connectivity index (χ0) is 12.8. The number of aliphatic carboxylic acids is 1. The van der Waals surface area contributed by atoms with Gasteiger partial charge in [0, 0.05) is 17.1 Å². The van der Waals surface area contributed by atoms with E-state index in [1.807, 2.05) is 0 Å². The highest BCUT2D eigenvalue weighted by molar-refractivity contribution is 7.98. The molecule has 0 radical (unpaired) electrons. The molecule has 0 bridgehead atoms. The molecule has 0 aliphatic carbocycles. The van der Waals surface area contributed by atoms with Crippen LogP contribution in [-0.2, 0) is 10.5 Å².